The van der Waals surface area contributed by atoms with Gasteiger partial charge in [-0.15, -0.1) is 11.3 Å². The number of rotatable bonds is 5. The summed E-state index contributed by atoms with van der Waals surface area (Å²) in [6.45, 7) is 3.25. The molecule has 0 spiro atoms. The van der Waals surface area contributed by atoms with Crippen molar-refractivity contribution in [2.24, 2.45) is 0 Å². The first-order chi connectivity index (χ1) is 9.95. The average Bonchev–Trinajstić information content (AvgIpc) is 2.82. The number of anilines is 1. The van der Waals surface area contributed by atoms with Crippen LogP contribution in [0, 0.1) is 24.0 Å². The third-order valence-corrected chi connectivity index (χ3v) is 3.41. The Kier molecular flexibility index (Phi) is 4.49. The summed E-state index contributed by atoms with van der Waals surface area (Å²) >= 11 is 1.30. The number of hydrogen-bond donors (Lipinski definition) is 1. The van der Waals surface area contributed by atoms with Crippen LogP contribution in [-0.4, -0.2) is 22.4 Å². The Hall–Kier alpha value is -2.48. The molecule has 0 aliphatic rings. The summed E-state index contributed by atoms with van der Waals surface area (Å²) in [6, 6.07) is 4.57. The summed E-state index contributed by atoms with van der Waals surface area (Å²) in [5, 5.41) is 15.8. The van der Waals surface area contributed by atoms with Gasteiger partial charge >= 0.3 is 5.69 Å². The van der Waals surface area contributed by atoms with Crippen LogP contribution in [0.1, 0.15) is 11.3 Å². The topological polar surface area (TPSA) is 94.4 Å². The second-order valence-corrected chi connectivity index (χ2v) is 5.22. The van der Waals surface area contributed by atoms with Crippen LogP contribution < -0.4 is 10.1 Å². The molecule has 110 valence electrons. The molecule has 0 saturated carbocycles. The zero-order chi connectivity index (χ0) is 15.4. The molecule has 2 rings (SSSR count). The lowest BCUT2D eigenvalue weighted by atomic mass is 10.2. The molecule has 0 unspecified atom stereocenters. The van der Waals surface area contributed by atoms with Crippen molar-refractivity contribution in [3.05, 3.63) is 45.0 Å². The van der Waals surface area contributed by atoms with E-state index in [1.807, 2.05) is 6.92 Å². The highest BCUT2D eigenvalue weighted by Crippen LogP contribution is 2.27. The van der Waals surface area contributed by atoms with Crippen molar-refractivity contribution in [3.8, 4) is 5.75 Å². The van der Waals surface area contributed by atoms with Crippen molar-refractivity contribution in [2.75, 3.05) is 11.9 Å². The minimum atomic E-state index is -0.537. The maximum atomic E-state index is 11.7. The first-order valence-electron chi connectivity index (χ1n) is 6.05. The van der Waals surface area contributed by atoms with Crippen LogP contribution in [0.3, 0.4) is 0 Å². The molecule has 2 aromatic rings. The molecule has 1 amide bonds. The second kappa shape index (κ2) is 6.31. The zero-order valence-electron chi connectivity index (χ0n) is 11.5. The Balaban J connectivity index is 1.99. The summed E-state index contributed by atoms with van der Waals surface area (Å²) in [6.07, 6.45) is 0. The van der Waals surface area contributed by atoms with Crippen molar-refractivity contribution >= 4 is 28.1 Å². The summed E-state index contributed by atoms with van der Waals surface area (Å²) < 4.78 is 5.22. The van der Waals surface area contributed by atoms with Crippen LogP contribution in [0.25, 0.3) is 0 Å². The summed E-state index contributed by atoms with van der Waals surface area (Å²) in [7, 11) is 0. The third kappa shape index (κ3) is 3.99. The third-order valence-electron chi connectivity index (χ3n) is 2.54. The van der Waals surface area contributed by atoms with Gasteiger partial charge < -0.3 is 4.74 Å². The van der Waals surface area contributed by atoms with Gasteiger partial charge in [0.2, 0.25) is 0 Å². The second-order valence-electron chi connectivity index (χ2n) is 4.36. The number of aryl methyl sites for hydroxylation is 2. The number of hydrogen-bond acceptors (Lipinski definition) is 6. The first kappa shape index (κ1) is 14.9. The van der Waals surface area contributed by atoms with Gasteiger partial charge in [-0.1, -0.05) is 6.07 Å². The lowest BCUT2D eigenvalue weighted by Gasteiger charge is -2.07. The number of carbonyl (C=O) groups excluding carboxylic acids is 1. The number of nitrogens with zero attached hydrogens (tertiary/aromatic N) is 2. The number of carbonyl (C=O) groups is 1. The minimum Gasteiger partial charge on any atom is -0.477 e. The number of nitro benzene ring substituents is 1. The van der Waals surface area contributed by atoms with E-state index in [1.165, 1.54) is 23.5 Å². The highest BCUT2D eigenvalue weighted by atomic mass is 32.1. The lowest BCUT2D eigenvalue weighted by molar-refractivity contribution is -0.385. The minimum absolute atomic E-state index is 0.0658. The van der Waals surface area contributed by atoms with E-state index in [-0.39, 0.29) is 18.0 Å². The summed E-state index contributed by atoms with van der Waals surface area (Å²) in [4.78, 5) is 26.2. The standard InChI is InChI=1S/C13H13N3O4S/c1-8-3-4-11(10(5-8)16(18)19)20-6-12(17)15-13-14-9(2)7-21-13/h3-5,7H,6H2,1-2H3,(H,14,15,17). The highest BCUT2D eigenvalue weighted by molar-refractivity contribution is 7.13. The van der Waals surface area contributed by atoms with Crippen molar-refractivity contribution in [1.82, 2.24) is 4.98 Å². The van der Waals surface area contributed by atoms with Crippen LogP contribution in [0.2, 0.25) is 0 Å². The number of benzene rings is 1. The van der Waals surface area contributed by atoms with E-state index in [4.69, 9.17) is 4.74 Å². The predicted octanol–water partition coefficient (Wildman–Crippen LogP) is 2.69. The SMILES string of the molecule is Cc1ccc(OCC(=O)Nc2nc(C)cs2)c([N+](=O)[O-])c1. The van der Waals surface area contributed by atoms with Gasteiger partial charge in [-0.2, -0.15) is 0 Å². The molecule has 0 saturated heterocycles. The molecule has 0 aliphatic heterocycles. The molecular weight excluding hydrogens is 294 g/mol. The molecule has 0 fully saturated rings. The largest absolute Gasteiger partial charge is 0.477 e. The first-order valence-corrected chi connectivity index (χ1v) is 6.93. The number of thiazole rings is 1. The fraction of sp³-hybridized carbons (Fsp3) is 0.231. The molecule has 0 atom stereocenters. The van der Waals surface area contributed by atoms with Crippen LogP contribution in [0.4, 0.5) is 10.8 Å². The van der Waals surface area contributed by atoms with E-state index in [9.17, 15) is 14.9 Å². The quantitative estimate of drug-likeness (QED) is 0.677. The van der Waals surface area contributed by atoms with Crippen LogP contribution in [0.5, 0.6) is 5.75 Å². The summed E-state index contributed by atoms with van der Waals surface area (Å²) in [5.41, 5.74) is 1.40. The fourth-order valence-corrected chi connectivity index (χ4v) is 2.31. The molecule has 21 heavy (non-hydrogen) atoms. The maximum absolute atomic E-state index is 11.7. The molecule has 7 nitrogen and oxygen atoms in total. The molecule has 0 aliphatic carbocycles. The number of aromatic nitrogens is 1. The maximum Gasteiger partial charge on any atom is 0.311 e. The van der Waals surface area contributed by atoms with E-state index in [1.54, 1.807) is 18.4 Å². The van der Waals surface area contributed by atoms with Gasteiger partial charge in [0.15, 0.2) is 17.5 Å². The Labute approximate surface area is 124 Å². The van der Waals surface area contributed by atoms with Gasteiger partial charge in [-0.05, 0) is 25.5 Å². The Bertz CT molecular complexity index is 684. The number of nitro groups is 1. The predicted molar refractivity (Wildman–Crippen MR) is 78.8 cm³/mol. The highest BCUT2D eigenvalue weighted by Gasteiger charge is 2.16. The monoisotopic (exact) mass is 307 g/mol. The van der Waals surface area contributed by atoms with E-state index < -0.39 is 10.8 Å². The molecule has 1 N–H and O–H groups in total. The molecule has 1 aromatic heterocycles. The van der Waals surface area contributed by atoms with E-state index in [2.05, 4.69) is 10.3 Å². The van der Waals surface area contributed by atoms with Gasteiger partial charge in [0.25, 0.3) is 5.91 Å². The molecular formula is C13H13N3O4S. The van der Waals surface area contributed by atoms with Crippen LogP contribution >= 0.6 is 11.3 Å². The van der Waals surface area contributed by atoms with Crippen LogP contribution in [-0.2, 0) is 4.79 Å². The average molecular weight is 307 g/mol. The Morgan fingerprint density at radius 1 is 1.48 bits per heavy atom. The summed E-state index contributed by atoms with van der Waals surface area (Å²) in [5.74, 6) is -0.352. The Morgan fingerprint density at radius 2 is 2.24 bits per heavy atom. The molecule has 0 radical (unpaired) electrons. The molecule has 1 heterocycles. The van der Waals surface area contributed by atoms with Gasteiger partial charge in [0.05, 0.1) is 10.6 Å². The lowest BCUT2D eigenvalue weighted by Crippen LogP contribution is -2.20. The molecule has 8 heteroatoms. The van der Waals surface area contributed by atoms with Crippen molar-refractivity contribution in [3.63, 3.8) is 0 Å². The van der Waals surface area contributed by atoms with Crippen LogP contribution in [0.15, 0.2) is 23.6 Å². The Morgan fingerprint density at radius 3 is 2.86 bits per heavy atom. The van der Waals surface area contributed by atoms with E-state index in [0.717, 1.165) is 11.3 Å². The molecule has 1 aromatic carbocycles. The van der Waals surface area contributed by atoms with Gasteiger partial charge in [0.1, 0.15) is 0 Å². The van der Waals surface area contributed by atoms with Gasteiger partial charge in [-0.25, -0.2) is 4.98 Å². The number of ether oxygens (including phenoxy) is 1. The van der Waals surface area contributed by atoms with Gasteiger partial charge in [-0.3, -0.25) is 20.2 Å². The molecule has 0 bridgehead atoms. The number of nitrogens with one attached hydrogen (secondary N) is 1. The zero-order valence-corrected chi connectivity index (χ0v) is 12.3. The van der Waals surface area contributed by atoms with E-state index in [0.29, 0.717) is 5.13 Å². The van der Waals surface area contributed by atoms with Gasteiger partial charge in [0, 0.05) is 11.4 Å². The normalized spacial score (nSPS) is 10.2. The van der Waals surface area contributed by atoms with Crippen molar-refractivity contribution < 1.29 is 14.5 Å². The fourth-order valence-electron chi connectivity index (χ4n) is 1.60. The van der Waals surface area contributed by atoms with E-state index >= 15 is 0 Å². The van der Waals surface area contributed by atoms with Crippen molar-refractivity contribution in [2.45, 2.75) is 13.8 Å². The number of amides is 1. The van der Waals surface area contributed by atoms with Crippen molar-refractivity contribution in [1.29, 1.82) is 0 Å². The smallest absolute Gasteiger partial charge is 0.311 e.